The van der Waals surface area contributed by atoms with Gasteiger partial charge in [-0.1, -0.05) is 203 Å². The Morgan fingerprint density at radius 1 is 0.410 bits per heavy atom. The first kappa shape index (κ1) is 36.1. The van der Waals surface area contributed by atoms with Crippen LogP contribution in [-0.2, 0) is 10.8 Å². The SMILES string of the molecule is CC1=CC2C(C=C1)c1ccc(-c3c4ccccc4c(-c4ccc(-c5ccc6ccccc6c5)cc4)c4ccc(-c5ccc6c(c5)C(C)(C)c5ccccc5-6)cc34)cc1C2(C)C. The summed E-state index contributed by atoms with van der Waals surface area (Å²) in [5.41, 5.74) is 19.9. The highest BCUT2D eigenvalue weighted by Crippen LogP contribution is 2.55. The number of hydrogen-bond donors (Lipinski definition) is 0. The van der Waals surface area contributed by atoms with Gasteiger partial charge >= 0.3 is 0 Å². The van der Waals surface area contributed by atoms with Gasteiger partial charge in [0.1, 0.15) is 0 Å². The lowest BCUT2D eigenvalue weighted by Crippen LogP contribution is -2.25. The van der Waals surface area contributed by atoms with Gasteiger partial charge in [-0.15, -0.1) is 0 Å². The molecule has 0 heterocycles. The zero-order valence-corrected chi connectivity index (χ0v) is 35.6. The summed E-state index contributed by atoms with van der Waals surface area (Å²) in [6, 6.07) is 64.6. The van der Waals surface area contributed by atoms with Crippen molar-refractivity contribution in [1.29, 1.82) is 0 Å². The van der Waals surface area contributed by atoms with Crippen molar-refractivity contribution >= 4 is 32.3 Å². The van der Waals surface area contributed by atoms with Crippen LogP contribution in [0.1, 0.15) is 62.8 Å². The van der Waals surface area contributed by atoms with Crippen molar-refractivity contribution in [3.63, 3.8) is 0 Å². The van der Waals surface area contributed by atoms with Crippen molar-refractivity contribution in [2.45, 2.75) is 51.4 Å². The minimum absolute atomic E-state index is 0.0142. The second kappa shape index (κ2) is 13.1. The molecule has 0 spiro atoms. The van der Waals surface area contributed by atoms with Crippen LogP contribution in [0.25, 0.3) is 88.0 Å². The molecule has 0 heteroatoms. The van der Waals surface area contributed by atoms with Crippen molar-refractivity contribution in [3.05, 3.63) is 216 Å². The molecule has 0 aliphatic heterocycles. The van der Waals surface area contributed by atoms with Crippen LogP contribution in [0.5, 0.6) is 0 Å². The predicted molar refractivity (Wildman–Crippen MR) is 260 cm³/mol. The second-order valence-corrected chi connectivity index (χ2v) is 19.0. The maximum atomic E-state index is 2.55. The third-order valence-corrected chi connectivity index (χ3v) is 14.8. The van der Waals surface area contributed by atoms with E-state index in [1.54, 1.807) is 0 Å². The first-order chi connectivity index (χ1) is 29.6. The first-order valence-electron chi connectivity index (χ1n) is 22.0. The van der Waals surface area contributed by atoms with Gasteiger partial charge < -0.3 is 0 Å². The zero-order chi connectivity index (χ0) is 41.2. The van der Waals surface area contributed by atoms with Crippen LogP contribution in [0.3, 0.4) is 0 Å². The molecule has 292 valence electrons. The molecule has 0 amide bonds. The fourth-order valence-electron chi connectivity index (χ4n) is 11.6. The predicted octanol–water partition coefficient (Wildman–Crippen LogP) is 16.6. The van der Waals surface area contributed by atoms with Crippen molar-refractivity contribution < 1.29 is 0 Å². The van der Waals surface area contributed by atoms with Gasteiger partial charge in [0.15, 0.2) is 0 Å². The fourth-order valence-corrected chi connectivity index (χ4v) is 11.6. The van der Waals surface area contributed by atoms with Gasteiger partial charge in [-0.3, -0.25) is 0 Å². The molecule has 0 saturated carbocycles. The standard InChI is InChI=1S/C61H48/c1-37-18-28-47-49-30-27-45(36-57(49)61(4,5)55(47)32-37)59-51-16-9-8-15-50(51)58(40-22-19-39(20-23-40)42-24-21-38-12-6-7-13-41(38)33-42)52-31-26-43(34-53(52)59)44-25-29-48-46-14-10-11-17-54(46)60(2,3)56(48)35-44/h6-36,47,55H,1-5H3. The van der Waals surface area contributed by atoms with Crippen LogP contribution in [0.15, 0.2) is 194 Å². The average Bonchev–Trinajstić information content (AvgIpc) is 3.66. The number of rotatable bonds is 4. The van der Waals surface area contributed by atoms with Crippen LogP contribution in [0.2, 0.25) is 0 Å². The average molecular weight is 781 g/mol. The quantitative estimate of drug-likeness (QED) is 0.156. The zero-order valence-electron chi connectivity index (χ0n) is 35.6. The summed E-state index contributed by atoms with van der Waals surface area (Å²) in [6.45, 7) is 11.9. The van der Waals surface area contributed by atoms with Gasteiger partial charge in [0.25, 0.3) is 0 Å². The molecule has 3 aliphatic rings. The molecule has 9 aromatic carbocycles. The third kappa shape index (κ3) is 5.38. The molecular weight excluding hydrogens is 733 g/mol. The highest BCUT2D eigenvalue weighted by Gasteiger charge is 2.45. The Morgan fingerprint density at radius 3 is 1.80 bits per heavy atom. The Kier molecular flexibility index (Phi) is 7.77. The summed E-state index contributed by atoms with van der Waals surface area (Å²) in [4.78, 5) is 0. The minimum Gasteiger partial charge on any atom is -0.0767 e. The summed E-state index contributed by atoms with van der Waals surface area (Å²) in [5, 5.41) is 7.67. The molecule has 0 nitrogen and oxygen atoms in total. The van der Waals surface area contributed by atoms with E-state index in [4.69, 9.17) is 0 Å². The fraction of sp³-hybridized carbons (Fsp3) is 0.148. The number of allylic oxidation sites excluding steroid dienone is 4. The van der Waals surface area contributed by atoms with E-state index >= 15 is 0 Å². The van der Waals surface area contributed by atoms with Crippen molar-refractivity contribution in [2.75, 3.05) is 0 Å². The van der Waals surface area contributed by atoms with Crippen molar-refractivity contribution in [1.82, 2.24) is 0 Å². The highest BCUT2D eigenvalue weighted by atomic mass is 14.5. The molecule has 0 bridgehead atoms. The Morgan fingerprint density at radius 2 is 0.984 bits per heavy atom. The highest BCUT2D eigenvalue weighted by molar-refractivity contribution is 6.22. The third-order valence-electron chi connectivity index (χ3n) is 14.8. The lowest BCUT2D eigenvalue weighted by atomic mass is 9.73. The molecule has 9 aromatic rings. The van der Waals surface area contributed by atoms with Gasteiger partial charge in [0, 0.05) is 11.3 Å². The molecular formula is C61H48. The van der Waals surface area contributed by atoms with Crippen LogP contribution < -0.4 is 0 Å². The van der Waals surface area contributed by atoms with E-state index in [0.29, 0.717) is 11.8 Å². The summed E-state index contributed by atoms with van der Waals surface area (Å²) < 4.78 is 0. The monoisotopic (exact) mass is 780 g/mol. The number of benzene rings is 9. The minimum atomic E-state index is -0.0658. The van der Waals surface area contributed by atoms with Crippen LogP contribution >= 0.6 is 0 Å². The molecule has 3 aliphatic carbocycles. The van der Waals surface area contributed by atoms with E-state index in [1.165, 1.54) is 116 Å². The summed E-state index contributed by atoms with van der Waals surface area (Å²) in [7, 11) is 0. The van der Waals surface area contributed by atoms with Crippen molar-refractivity contribution in [3.8, 4) is 55.6 Å². The molecule has 2 atom stereocenters. The molecule has 0 N–H and O–H groups in total. The molecule has 2 unspecified atom stereocenters. The summed E-state index contributed by atoms with van der Waals surface area (Å²) in [5.74, 6) is 0.871. The van der Waals surface area contributed by atoms with E-state index in [1.807, 2.05) is 0 Å². The van der Waals surface area contributed by atoms with Crippen LogP contribution in [0, 0.1) is 5.92 Å². The molecule has 61 heavy (non-hydrogen) atoms. The largest absolute Gasteiger partial charge is 0.0767 e. The van der Waals surface area contributed by atoms with E-state index in [2.05, 4.69) is 223 Å². The van der Waals surface area contributed by atoms with E-state index in [9.17, 15) is 0 Å². The van der Waals surface area contributed by atoms with Gasteiger partial charge in [-0.2, -0.15) is 0 Å². The molecule has 0 aromatic heterocycles. The Balaban J connectivity index is 1.08. The summed E-state index contributed by atoms with van der Waals surface area (Å²) in [6.07, 6.45) is 7.27. The second-order valence-electron chi connectivity index (χ2n) is 19.0. The van der Waals surface area contributed by atoms with Crippen LogP contribution in [0.4, 0.5) is 0 Å². The smallest absolute Gasteiger partial charge is 0.0159 e. The maximum Gasteiger partial charge on any atom is 0.0159 e. The Labute approximate surface area is 359 Å². The number of fused-ring (bicyclic) bond motifs is 9. The molecule has 0 fully saturated rings. The molecule has 0 saturated heterocycles. The first-order valence-corrected chi connectivity index (χ1v) is 22.0. The van der Waals surface area contributed by atoms with Gasteiger partial charge in [-0.05, 0) is 147 Å². The molecule has 12 rings (SSSR count). The maximum absolute atomic E-state index is 2.55. The lowest BCUT2D eigenvalue weighted by Gasteiger charge is -2.30. The summed E-state index contributed by atoms with van der Waals surface area (Å²) >= 11 is 0. The van der Waals surface area contributed by atoms with Gasteiger partial charge in [0.05, 0.1) is 0 Å². The Bertz CT molecular complexity index is 3360. The lowest BCUT2D eigenvalue weighted by molar-refractivity contribution is 0.392. The molecule has 0 radical (unpaired) electrons. The van der Waals surface area contributed by atoms with Gasteiger partial charge in [-0.25, -0.2) is 0 Å². The van der Waals surface area contributed by atoms with E-state index in [0.717, 1.165) is 0 Å². The van der Waals surface area contributed by atoms with Gasteiger partial charge in [0.2, 0.25) is 0 Å². The van der Waals surface area contributed by atoms with Crippen LogP contribution in [-0.4, -0.2) is 0 Å². The van der Waals surface area contributed by atoms with Crippen molar-refractivity contribution in [2.24, 2.45) is 5.92 Å². The van der Waals surface area contributed by atoms with E-state index in [-0.39, 0.29) is 10.8 Å². The normalized spacial score (nSPS) is 17.9. The van der Waals surface area contributed by atoms with E-state index < -0.39 is 0 Å². The Hall–Kier alpha value is -6.76. The number of hydrogen-bond acceptors (Lipinski definition) is 0. The topological polar surface area (TPSA) is 0 Å².